The molecule has 0 aromatic heterocycles. The van der Waals surface area contributed by atoms with Gasteiger partial charge in [-0.2, -0.15) is 0 Å². The van der Waals surface area contributed by atoms with Crippen molar-refractivity contribution in [1.29, 1.82) is 0 Å². The summed E-state index contributed by atoms with van der Waals surface area (Å²) in [6, 6.07) is 7.62. The predicted molar refractivity (Wildman–Crippen MR) is 45.8 cm³/mol. The van der Waals surface area contributed by atoms with E-state index in [0.29, 0.717) is 0 Å². The van der Waals surface area contributed by atoms with E-state index >= 15 is 0 Å². The van der Waals surface area contributed by atoms with E-state index in [4.69, 9.17) is 17.0 Å². The second kappa shape index (κ2) is 3.32. The molecule has 0 saturated carbocycles. The summed E-state index contributed by atoms with van der Waals surface area (Å²) in [5.41, 5.74) is 1.04. The van der Waals surface area contributed by atoms with Crippen molar-refractivity contribution in [2.24, 2.45) is 0 Å². The molecule has 52 valence electrons. The average Bonchev–Trinajstić information content (AvgIpc) is 2.05. The first-order chi connectivity index (χ1) is 4.86. The lowest BCUT2D eigenvalue weighted by Crippen LogP contribution is -1.82. The number of rotatable bonds is 2. The summed E-state index contributed by atoms with van der Waals surface area (Å²) in [6.45, 7) is 0. The lowest BCUT2D eigenvalue weighted by molar-refractivity contribution is 0.415. The molecule has 0 radical (unpaired) electrons. The fourth-order valence-electron chi connectivity index (χ4n) is 0.682. The van der Waals surface area contributed by atoms with Gasteiger partial charge in [0.2, 0.25) is 0 Å². The molecule has 0 unspecified atom stereocenters. The number of thiocarbonyl (C=S) groups is 1. The van der Waals surface area contributed by atoms with Crippen LogP contribution in [0.2, 0.25) is 0 Å². The Kier molecular flexibility index (Phi) is 2.40. The van der Waals surface area contributed by atoms with Gasteiger partial charge in [0.15, 0.2) is 0 Å². The fourth-order valence-corrected chi connectivity index (χ4v) is 0.840. The molecule has 1 aromatic rings. The maximum Gasteiger partial charge on any atom is 0.118 e. The van der Waals surface area contributed by atoms with Crippen molar-refractivity contribution < 1.29 is 4.74 Å². The van der Waals surface area contributed by atoms with E-state index in [2.05, 4.69) is 0 Å². The van der Waals surface area contributed by atoms with Gasteiger partial charge in [-0.3, -0.25) is 0 Å². The molecule has 0 heterocycles. The third-order valence-electron chi connectivity index (χ3n) is 1.25. The summed E-state index contributed by atoms with van der Waals surface area (Å²) >= 11 is 4.73. The Morgan fingerprint density at radius 1 is 1.30 bits per heavy atom. The van der Waals surface area contributed by atoms with E-state index in [1.807, 2.05) is 24.3 Å². The first kappa shape index (κ1) is 7.22. The Bertz CT molecular complexity index is 215. The molecule has 0 atom stereocenters. The zero-order chi connectivity index (χ0) is 7.40. The molecule has 0 fully saturated rings. The summed E-state index contributed by atoms with van der Waals surface area (Å²) in [4.78, 5) is 0. The van der Waals surface area contributed by atoms with Crippen molar-refractivity contribution in [2.45, 2.75) is 0 Å². The van der Waals surface area contributed by atoms with Gasteiger partial charge in [0, 0.05) is 5.37 Å². The minimum Gasteiger partial charge on any atom is -0.497 e. The second-order valence-electron chi connectivity index (χ2n) is 1.89. The van der Waals surface area contributed by atoms with E-state index < -0.39 is 0 Å². The first-order valence-corrected chi connectivity index (χ1v) is 3.43. The van der Waals surface area contributed by atoms with Gasteiger partial charge in [-0.1, -0.05) is 24.4 Å². The molecule has 0 saturated heterocycles. The van der Waals surface area contributed by atoms with Crippen LogP contribution in [0.15, 0.2) is 24.3 Å². The van der Waals surface area contributed by atoms with Crippen LogP contribution in [0.4, 0.5) is 0 Å². The molecule has 0 aliphatic rings. The standard InChI is InChI=1S/C8H8OS/c1-9-8-4-2-7(6-10)3-5-8/h2-6H,1H3. The van der Waals surface area contributed by atoms with Gasteiger partial charge >= 0.3 is 0 Å². The summed E-state index contributed by atoms with van der Waals surface area (Å²) in [5.74, 6) is 0.862. The van der Waals surface area contributed by atoms with Crippen molar-refractivity contribution in [3.05, 3.63) is 29.8 Å². The molecule has 2 heteroatoms. The van der Waals surface area contributed by atoms with Crippen LogP contribution in [-0.4, -0.2) is 12.5 Å². The minimum absolute atomic E-state index is 0.862. The third-order valence-corrected chi connectivity index (χ3v) is 1.52. The minimum atomic E-state index is 0.862. The summed E-state index contributed by atoms with van der Waals surface area (Å²) < 4.78 is 4.97. The average molecular weight is 152 g/mol. The molecule has 0 aliphatic carbocycles. The summed E-state index contributed by atoms with van der Waals surface area (Å²) in [7, 11) is 1.65. The summed E-state index contributed by atoms with van der Waals surface area (Å²) in [5, 5.41) is 1.64. The summed E-state index contributed by atoms with van der Waals surface area (Å²) in [6.07, 6.45) is 0. The van der Waals surface area contributed by atoms with Crippen LogP contribution in [0.25, 0.3) is 0 Å². The van der Waals surface area contributed by atoms with Crippen molar-refractivity contribution in [2.75, 3.05) is 7.11 Å². The monoisotopic (exact) mass is 152 g/mol. The van der Waals surface area contributed by atoms with Gasteiger partial charge in [-0.05, 0) is 17.7 Å². The molecule has 1 rings (SSSR count). The molecule has 0 bridgehead atoms. The van der Waals surface area contributed by atoms with Crippen molar-refractivity contribution in [3.63, 3.8) is 0 Å². The number of methoxy groups -OCH3 is 1. The van der Waals surface area contributed by atoms with E-state index in [1.54, 1.807) is 12.5 Å². The lowest BCUT2D eigenvalue weighted by atomic mass is 10.2. The highest BCUT2D eigenvalue weighted by molar-refractivity contribution is 7.79. The second-order valence-corrected chi connectivity index (χ2v) is 2.13. The van der Waals surface area contributed by atoms with E-state index in [9.17, 15) is 0 Å². The number of ether oxygens (including phenoxy) is 1. The molecular weight excluding hydrogens is 144 g/mol. The smallest absolute Gasteiger partial charge is 0.118 e. The Morgan fingerprint density at radius 3 is 2.30 bits per heavy atom. The van der Waals surface area contributed by atoms with Gasteiger partial charge in [0.05, 0.1) is 7.11 Å². The number of benzene rings is 1. The molecule has 1 nitrogen and oxygen atoms in total. The first-order valence-electron chi connectivity index (χ1n) is 2.96. The van der Waals surface area contributed by atoms with E-state index in [-0.39, 0.29) is 0 Å². The maximum absolute atomic E-state index is 4.97. The van der Waals surface area contributed by atoms with Crippen LogP contribution in [0.1, 0.15) is 5.56 Å². The van der Waals surface area contributed by atoms with Gasteiger partial charge in [-0.15, -0.1) is 0 Å². The largest absolute Gasteiger partial charge is 0.497 e. The van der Waals surface area contributed by atoms with Crippen LogP contribution in [-0.2, 0) is 0 Å². The number of hydrogen-bond donors (Lipinski definition) is 0. The highest BCUT2D eigenvalue weighted by atomic mass is 32.1. The quantitative estimate of drug-likeness (QED) is 0.600. The lowest BCUT2D eigenvalue weighted by Gasteiger charge is -1.97. The van der Waals surface area contributed by atoms with Gasteiger partial charge in [0.25, 0.3) is 0 Å². The molecular formula is C8H8OS. The molecule has 0 amide bonds. The van der Waals surface area contributed by atoms with Crippen molar-refractivity contribution in [3.8, 4) is 5.75 Å². The molecule has 0 N–H and O–H groups in total. The van der Waals surface area contributed by atoms with Gasteiger partial charge < -0.3 is 4.74 Å². The Labute approximate surface area is 65.6 Å². The Hall–Kier alpha value is -0.890. The Morgan fingerprint density at radius 2 is 1.90 bits per heavy atom. The molecule has 10 heavy (non-hydrogen) atoms. The van der Waals surface area contributed by atoms with Crippen LogP contribution in [0.3, 0.4) is 0 Å². The number of hydrogen-bond acceptors (Lipinski definition) is 2. The van der Waals surface area contributed by atoms with Crippen LogP contribution in [0, 0.1) is 0 Å². The van der Waals surface area contributed by atoms with E-state index in [1.165, 1.54) is 0 Å². The van der Waals surface area contributed by atoms with Gasteiger partial charge in [0.1, 0.15) is 5.75 Å². The molecule has 1 aromatic carbocycles. The fraction of sp³-hybridized carbons (Fsp3) is 0.125. The van der Waals surface area contributed by atoms with Crippen LogP contribution >= 0.6 is 12.2 Å². The predicted octanol–water partition coefficient (Wildman–Crippen LogP) is 2.04. The van der Waals surface area contributed by atoms with Crippen molar-refractivity contribution in [1.82, 2.24) is 0 Å². The zero-order valence-corrected chi connectivity index (χ0v) is 6.52. The van der Waals surface area contributed by atoms with Crippen LogP contribution in [0.5, 0.6) is 5.75 Å². The van der Waals surface area contributed by atoms with Crippen LogP contribution < -0.4 is 4.74 Å². The SMILES string of the molecule is COc1ccc(C=S)cc1. The molecule has 0 spiro atoms. The van der Waals surface area contributed by atoms with Gasteiger partial charge in [-0.25, -0.2) is 0 Å². The van der Waals surface area contributed by atoms with E-state index in [0.717, 1.165) is 11.3 Å². The Balaban J connectivity index is 2.90. The van der Waals surface area contributed by atoms with Crippen molar-refractivity contribution >= 4 is 17.6 Å². The normalized spacial score (nSPS) is 8.90. The highest BCUT2D eigenvalue weighted by Crippen LogP contribution is 2.09. The third kappa shape index (κ3) is 1.54. The topological polar surface area (TPSA) is 9.23 Å². The molecule has 0 aliphatic heterocycles. The zero-order valence-electron chi connectivity index (χ0n) is 5.70. The maximum atomic E-state index is 4.97. The highest BCUT2D eigenvalue weighted by Gasteiger charge is 1.87.